The third-order valence-corrected chi connectivity index (χ3v) is 4.84. The standard InChI is InChI=1S/C15H15F2N3O.C9H13ClO.C4H10.C2H6.2CH2O/c1-8(9(2)21)12-6-20-13(7-19-12)14-10(16)4-5-11(18-3)15(14)17;1-5-9(10)6-7(2)8(3)11-4;1-4(2)3;3*1-2/h4-7,18,21H,1-3H3;5-6H,3H2,1-2,4H3;4H,1-3H3;1-2H3;2*1H2/b9-8-;7-6-,9-5+;;;;. The Hall–Kier alpha value is -3.85. The Labute approximate surface area is 256 Å². The highest BCUT2D eigenvalue weighted by Crippen LogP contribution is 2.29. The van der Waals surface area contributed by atoms with Gasteiger partial charge >= 0.3 is 0 Å². The maximum atomic E-state index is 14.2. The minimum atomic E-state index is -0.717. The van der Waals surface area contributed by atoms with Crippen LogP contribution in [0.4, 0.5) is 14.5 Å². The summed E-state index contributed by atoms with van der Waals surface area (Å²) < 4.78 is 33.0. The van der Waals surface area contributed by atoms with E-state index < -0.39 is 11.6 Å². The average Bonchev–Trinajstić information content (AvgIpc) is 2.99. The number of methoxy groups -OCH3 is 1. The number of halogens is 3. The first kappa shape index (κ1) is 45.1. The molecule has 2 aromatic rings. The van der Waals surface area contributed by atoms with Crippen LogP contribution in [0.1, 0.15) is 68.0 Å². The van der Waals surface area contributed by atoms with E-state index in [0.29, 0.717) is 22.1 Å². The van der Waals surface area contributed by atoms with Gasteiger partial charge in [0.25, 0.3) is 0 Å². The molecule has 0 saturated heterocycles. The summed E-state index contributed by atoms with van der Waals surface area (Å²) in [4.78, 5) is 24.1. The number of aromatic nitrogens is 2. The van der Waals surface area contributed by atoms with Crippen LogP contribution in [0.2, 0.25) is 0 Å². The van der Waals surface area contributed by atoms with Crippen LogP contribution in [-0.4, -0.2) is 42.8 Å². The summed E-state index contributed by atoms with van der Waals surface area (Å²) in [5, 5.41) is 12.7. The monoisotopic (exact) mass is 611 g/mol. The number of hydrogen-bond acceptors (Lipinski definition) is 7. The second kappa shape index (κ2) is 27.3. The first-order valence-corrected chi connectivity index (χ1v) is 13.3. The Kier molecular flexibility index (Phi) is 29.4. The van der Waals surface area contributed by atoms with E-state index >= 15 is 0 Å². The van der Waals surface area contributed by atoms with Crippen LogP contribution in [0.5, 0.6) is 0 Å². The number of carbonyl (C=O) groups is 2. The van der Waals surface area contributed by atoms with Gasteiger partial charge in [-0.25, -0.2) is 8.78 Å². The molecular weight excluding hydrogens is 564 g/mol. The number of anilines is 1. The van der Waals surface area contributed by atoms with Gasteiger partial charge in [-0.3, -0.25) is 9.97 Å². The number of aliphatic hydroxyl groups is 1. The SMILES string of the molecule is C=C(OC)/C(C)=C\C(Cl)=C/C.C=O.C=O.CC.CC(C)C.CNc1ccc(F)c(-c2cnc(/C(C)=C(/C)O)cn2)c1F. The van der Waals surface area contributed by atoms with Gasteiger partial charge in [0.15, 0.2) is 5.82 Å². The van der Waals surface area contributed by atoms with Crippen LogP contribution in [-0.2, 0) is 14.3 Å². The number of nitrogens with zero attached hydrogens (tertiary/aromatic N) is 2. The van der Waals surface area contributed by atoms with Crippen molar-refractivity contribution in [3.8, 4) is 11.3 Å². The lowest BCUT2D eigenvalue weighted by molar-refractivity contribution is -0.0987. The Balaban J connectivity index is -0.000000290. The maximum Gasteiger partial charge on any atom is 0.158 e. The minimum absolute atomic E-state index is 0.0919. The number of ether oxygens (including phenoxy) is 1. The molecule has 0 amide bonds. The van der Waals surface area contributed by atoms with Crippen LogP contribution >= 0.6 is 11.6 Å². The van der Waals surface area contributed by atoms with Crippen LogP contribution in [0, 0.1) is 17.6 Å². The van der Waals surface area contributed by atoms with Crippen molar-refractivity contribution in [1.29, 1.82) is 0 Å². The van der Waals surface area contributed by atoms with E-state index in [1.54, 1.807) is 21.1 Å². The highest BCUT2D eigenvalue weighted by molar-refractivity contribution is 6.31. The summed E-state index contributed by atoms with van der Waals surface area (Å²) in [7, 11) is 3.14. The first-order valence-electron chi connectivity index (χ1n) is 13.0. The molecule has 0 radical (unpaired) electrons. The van der Waals surface area contributed by atoms with Gasteiger partial charge in [-0.05, 0) is 57.4 Å². The van der Waals surface area contributed by atoms with Crippen molar-refractivity contribution >= 4 is 36.4 Å². The van der Waals surface area contributed by atoms with Gasteiger partial charge in [-0.2, -0.15) is 0 Å². The molecule has 42 heavy (non-hydrogen) atoms. The summed E-state index contributed by atoms with van der Waals surface area (Å²) in [5.74, 6) is 0.167. The average molecular weight is 612 g/mol. The Morgan fingerprint density at radius 2 is 1.55 bits per heavy atom. The van der Waals surface area contributed by atoms with Crippen molar-refractivity contribution in [2.45, 2.75) is 62.3 Å². The largest absolute Gasteiger partial charge is 0.512 e. The lowest BCUT2D eigenvalue weighted by Crippen LogP contribution is -2.00. The molecule has 0 spiro atoms. The Morgan fingerprint density at radius 3 is 1.90 bits per heavy atom. The van der Waals surface area contributed by atoms with Gasteiger partial charge in [-0.15, -0.1) is 0 Å². The van der Waals surface area contributed by atoms with E-state index in [-0.39, 0.29) is 22.7 Å². The zero-order valence-electron chi connectivity index (χ0n) is 26.9. The van der Waals surface area contributed by atoms with Crippen molar-refractivity contribution in [3.63, 3.8) is 0 Å². The quantitative estimate of drug-likeness (QED) is 0.248. The fraction of sp³-hybridized carbons (Fsp3) is 0.375. The molecular formula is C32H48ClF2N3O4. The first-order chi connectivity index (χ1) is 19.8. The topological polar surface area (TPSA) is 101 Å². The number of benzene rings is 1. The van der Waals surface area contributed by atoms with Gasteiger partial charge < -0.3 is 24.7 Å². The van der Waals surface area contributed by atoms with Gasteiger partial charge in [-0.1, -0.05) is 58.9 Å². The van der Waals surface area contributed by atoms with Crippen molar-refractivity contribution in [1.82, 2.24) is 9.97 Å². The second-order valence-electron chi connectivity index (χ2n) is 8.39. The van der Waals surface area contributed by atoms with Crippen LogP contribution in [0.15, 0.2) is 65.4 Å². The maximum absolute atomic E-state index is 14.2. The molecule has 0 unspecified atom stereocenters. The summed E-state index contributed by atoms with van der Waals surface area (Å²) in [6.45, 7) is 25.2. The van der Waals surface area contributed by atoms with Crippen molar-refractivity contribution in [2.75, 3.05) is 19.5 Å². The zero-order valence-corrected chi connectivity index (χ0v) is 27.6. The summed E-state index contributed by atoms with van der Waals surface area (Å²) in [6, 6.07) is 2.49. The number of aliphatic hydroxyl groups excluding tert-OH is 1. The highest BCUT2D eigenvalue weighted by atomic mass is 35.5. The zero-order chi connectivity index (χ0) is 34.0. The number of nitrogens with one attached hydrogen (secondary N) is 1. The molecule has 0 aliphatic heterocycles. The summed E-state index contributed by atoms with van der Waals surface area (Å²) in [5.41, 5.74) is 1.98. The molecule has 0 aliphatic rings. The molecule has 1 aromatic heterocycles. The van der Waals surface area contributed by atoms with Crippen molar-refractivity contribution < 1.29 is 28.2 Å². The molecule has 0 atom stereocenters. The van der Waals surface area contributed by atoms with Crippen LogP contribution < -0.4 is 5.32 Å². The minimum Gasteiger partial charge on any atom is -0.512 e. The van der Waals surface area contributed by atoms with E-state index in [9.17, 15) is 13.9 Å². The molecule has 7 nitrogen and oxygen atoms in total. The van der Waals surface area contributed by atoms with Gasteiger partial charge in [0.2, 0.25) is 0 Å². The molecule has 2 rings (SSSR count). The third kappa shape index (κ3) is 18.5. The molecule has 10 heteroatoms. The molecule has 0 bridgehead atoms. The van der Waals surface area contributed by atoms with E-state index in [1.165, 1.54) is 31.5 Å². The molecule has 0 aliphatic carbocycles. The van der Waals surface area contributed by atoms with Gasteiger partial charge in [0, 0.05) is 17.7 Å². The number of hydrogen-bond donors (Lipinski definition) is 2. The van der Waals surface area contributed by atoms with Crippen molar-refractivity contribution in [2.24, 2.45) is 5.92 Å². The fourth-order valence-electron chi connectivity index (χ4n) is 2.35. The highest BCUT2D eigenvalue weighted by Gasteiger charge is 2.16. The lowest BCUT2D eigenvalue weighted by Gasteiger charge is -2.09. The summed E-state index contributed by atoms with van der Waals surface area (Å²) in [6.07, 6.45) is 6.28. The van der Waals surface area contributed by atoms with E-state index in [2.05, 4.69) is 42.6 Å². The Morgan fingerprint density at radius 1 is 1.05 bits per heavy atom. The normalized spacial score (nSPS) is 10.6. The predicted octanol–water partition coefficient (Wildman–Crippen LogP) is 9.33. The van der Waals surface area contributed by atoms with Gasteiger partial charge in [0.1, 0.15) is 25.2 Å². The number of carbonyl (C=O) groups excluding carboxylic acids is 2. The molecule has 1 heterocycles. The van der Waals surface area contributed by atoms with Crippen molar-refractivity contribution in [3.05, 3.63) is 82.7 Å². The molecule has 236 valence electrons. The molecule has 0 saturated carbocycles. The fourth-order valence-corrected chi connectivity index (χ4v) is 2.51. The Bertz CT molecular complexity index is 1120. The number of allylic oxidation sites excluding steroid dienone is 6. The second-order valence-corrected chi connectivity index (χ2v) is 8.83. The molecule has 0 fully saturated rings. The van der Waals surface area contributed by atoms with E-state index in [4.69, 9.17) is 25.9 Å². The lowest BCUT2D eigenvalue weighted by atomic mass is 10.1. The van der Waals surface area contributed by atoms with E-state index in [0.717, 1.165) is 11.5 Å². The van der Waals surface area contributed by atoms with Gasteiger partial charge in [0.05, 0.1) is 47.9 Å². The van der Waals surface area contributed by atoms with Crippen LogP contribution in [0.3, 0.4) is 0 Å². The smallest absolute Gasteiger partial charge is 0.158 e. The molecule has 1 aromatic carbocycles. The van der Waals surface area contributed by atoms with E-state index in [1.807, 2.05) is 53.4 Å². The molecule has 2 N–H and O–H groups in total. The number of rotatable bonds is 6. The third-order valence-electron chi connectivity index (χ3n) is 4.51. The van der Waals surface area contributed by atoms with Crippen LogP contribution in [0.25, 0.3) is 16.8 Å². The summed E-state index contributed by atoms with van der Waals surface area (Å²) >= 11 is 5.75. The predicted molar refractivity (Wildman–Crippen MR) is 173 cm³/mol.